The molecule has 0 atom stereocenters. The molecule has 0 N–H and O–H groups in total. The maximum Gasteiger partial charge on any atom is 0.417 e. The highest BCUT2D eigenvalue weighted by atomic mass is 35.5. The summed E-state index contributed by atoms with van der Waals surface area (Å²) in [7, 11) is 0. The second kappa shape index (κ2) is 4.50. The summed E-state index contributed by atoms with van der Waals surface area (Å²) in [6, 6.07) is 2.83. The van der Waals surface area contributed by atoms with E-state index in [0.29, 0.717) is 17.7 Å². The van der Waals surface area contributed by atoms with Gasteiger partial charge in [0.25, 0.3) is 0 Å². The Morgan fingerprint density at radius 3 is 2.41 bits per heavy atom. The third kappa shape index (κ3) is 2.75. The van der Waals surface area contributed by atoms with Gasteiger partial charge in [0, 0.05) is 6.54 Å². The molecule has 0 radical (unpaired) electrons. The van der Waals surface area contributed by atoms with Crippen molar-refractivity contribution in [1.29, 1.82) is 0 Å². The number of hydrogen-bond donors (Lipinski definition) is 0. The van der Waals surface area contributed by atoms with E-state index in [9.17, 15) is 13.2 Å². The Kier molecular flexibility index (Phi) is 3.36. The molecular weight excluding hydrogens is 251 g/mol. The number of likely N-dealkylation sites (tertiary alicyclic amines) is 1. The summed E-state index contributed by atoms with van der Waals surface area (Å²) < 4.78 is 38.2. The van der Waals surface area contributed by atoms with Crippen molar-refractivity contribution in [2.75, 3.05) is 13.1 Å². The van der Waals surface area contributed by atoms with Crippen LogP contribution in [0.4, 0.5) is 13.2 Å². The predicted octanol–water partition coefficient (Wildman–Crippen LogP) is 3.87. The lowest BCUT2D eigenvalue weighted by atomic mass is 10.0. The normalized spacial score (nSPS) is 17.0. The Bertz CT molecular complexity index is 424. The lowest BCUT2D eigenvalue weighted by Crippen LogP contribution is -2.36. The van der Waals surface area contributed by atoms with Crippen LogP contribution in [0.5, 0.6) is 0 Å². The number of alkyl halides is 3. The summed E-state index contributed by atoms with van der Waals surface area (Å²) in [4.78, 5) is 2.08. The van der Waals surface area contributed by atoms with Gasteiger partial charge in [-0.2, -0.15) is 13.2 Å². The van der Waals surface area contributed by atoms with E-state index in [2.05, 4.69) is 4.90 Å². The summed E-state index contributed by atoms with van der Waals surface area (Å²) in [6.07, 6.45) is -3.28. The van der Waals surface area contributed by atoms with Crippen LogP contribution >= 0.6 is 11.6 Å². The molecule has 1 fully saturated rings. The van der Waals surface area contributed by atoms with Crippen molar-refractivity contribution in [3.8, 4) is 0 Å². The molecule has 0 spiro atoms. The van der Waals surface area contributed by atoms with Gasteiger partial charge in [-0.15, -0.1) is 0 Å². The van der Waals surface area contributed by atoms with Crippen LogP contribution in [-0.2, 0) is 12.7 Å². The third-order valence-electron chi connectivity index (χ3n) is 2.94. The molecule has 1 aliphatic rings. The van der Waals surface area contributed by atoms with E-state index in [0.717, 1.165) is 25.6 Å². The first-order valence-electron chi connectivity index (χ1n) is 5.46. The Balaban J connectivity index is 2.34. The average molecular weight is 264 g/mol. The zero-order valence-corrected chi connectivity index (χ0v) is 10.2. The van der Waals surface area contributed by atoms with Crippen LogP contribution < -0.4 is 0 Å². The minimum atomic E-state index is -4.38. The molecule has 0 unspecified atom stereocenters. The molecule has 0 amide bonds. The molecular formula is C12H13ClF3N. The Morgan fingerprint density at radius 1 is 1.29 bits per heavy atom. The Morgan fingerprint density at radius 2 is 1.94 bits per heavy atom. The van der Waals surface area contributed by atoms with E-state index in [-0.39, 0.29) is 5.02 Å². The molecule has 1 aromatic rings. The van der Waals surface area contributed by atoms with Crippen molar-refractivity contribution in [3.05, 3.63) is 33.8 Å². The first-order chi connectivity index (χ1) is 7.88. The van der Waals surface area contributed by atoms with Gasteiger partial charge in [0.1, 0.15) is 0 Å². The maximum atomic E-state index is 12.7. The van der Waals surface area contributed by atoms with Gasteiger partial charge in [-0.05, 0) is 38.1 Å². The zero-order chi connectivity index (χ0) is 12.6. The number of hydrogen-bond acceptors (Lipinski definition) is 1. The highest BCUT2D eigenvalue weighted by Gasteiger charge is 2.34. The van der Waals surface area contributed by atoms with Crippen LogP contribution in [0.2, 0.25) is 5.02 Å². The van der Waals surface area contributed by atoms with Crippen LogP contribution in [0.25, 0.3) is 0 Å². The molecule has 5 heteroatoms. The molecule has 0 bridgehead atoms. The van der Waals surface area contributed by atoms with Crippen LogP contribution in [0.1, 0.15) is 23.1 Å². The van der Waals surface area contributed by atoms with Gasteiger partial charge < -0.3 is 0 Å². The van der Waals surface area contributed by atoms with Gasteiger partial charge in [-0.25, -0.2) is 0 Å². The van der Waals surface area contributed by atoms with Gasteiger partial charge in [0.2, 0.25) is 0 Å². The molecule has 17 heavy (non-hydrogen) atoms. The molecule has 1 nitrogen and oxygen atoms in total. The summed E-state index contributed by atoms with van der Waals surface area (Å²) in [6.45, 7) is 4.03. The van der Waals surface area contributed by atoms with E-state index in [1.54, 1.807) is 13.0 Å². The third-order valence-corrected chi connectivity index (χ3v) is 3.39. The van der Waals surface area contributed by atoms with Gasteiger partial charge in [-0.1, -0.05) is 23.2 Å². The van der Waals surface area contributed by atoms with Gasteiger partial charge in [0.15, 0.2) is 0 Å². The van der Waals surface area contributed by atoms with E-state index in [4.69, 9.17) is 11.6 Å². The molecule has 0 aliphatic carbocycles. The molecule has 1 aliphatic heterocycles. The van der Waals surface area contributed by atoms with Crippen molar-refractivity contribution >= 4 is 11.6 Å². The van der Waals surface area contributed by atoms with Crippen molar-refractivity contribution in [2.24, 2.45) is 0 Å². The largest absolute Gasteiger partial charge is 0.417 e. The summed E-state index contributed by atoms with van der Waals surface area (Å²) in [5.74, 6) is 0. The molecule has 0 aromatic heterocycles. The SMILES string of the molecule is Cc1cc(CN2CCC2)c(Cl)c(C(F)(F)F)c1. The second-order valence-electron chi connectivity index (χ2n) is 4.41. The van der Waals surface area contributed by atoms with Crippen LogP contribution in [-0.4, -0.2) is 18.0 Å². The molecule has 1 heterocycles. The van der Waals surface area contributed by atoms with Crippen LogP contribution in [0, 0.1) is 6.92 Å². The number of aryl methyl sites for hydroxylation is 1. The molecule has 1 aromatic carbocycles. The Labute approximate surface area is 103 Å². The van der Waals surface area contributed by atoms with E-state index >= 15 is 0 Å². The fourth-order valence-electron chi connectivity index (χ4n) is 1.95. The van der Waals surface area contributed by atoms with Crippen molar-refractivity contribution in [2.45, 2.75) is 26.1 Å². The molecule has 2 rings (SSSR count). The number of nitrogens with zero attached hydrogens (tertiary/aromatic N) is 1. The second-order valence-corrected chi connectivity index (χ2v) is 4.79. The maximum absolute atomic E-state index is 12.7. The highest BCUT2D eigenvalue weighted by molar-refractivity contribution is 6.32. The first-order valence-corrected chi connectivity index (χ1v) is 5.84. The fourth-order valence-corrected chi connectivity index (χ4v) is 2.22. The van der Waals surface area contributed by atoms with Gasteiger partial charge in [-0.3, -0.25) is 4.90 Å². The van der Waals surface area contributed by atoms with E-state index in [1.807, 2.05) is 0 Å². The number of benzene rings is 1. The molecule has 0 saturated carbocycles. The standard InChI is InChI=1S/C12H13ClF3N/c1-8-5-9(7-17-3-2-4-17)11(13)10(6-8)12(14,15)16/h5-6H,2-4,7H2,1H3. The minimum absolute atomic E-state index is 0.157. The summed E-state index contributed by atoms with van der Waals surface area (Å²) in [5.41, 5.74) is 0.436. The average Bonchev–Trinajstić information content (AvgIpc) is 2.14. The van der Waals surface area contributed by atoms with Crippen LogP contribution in [0.3, 0.4) is 0 Å². The van der Waals surface area contributed by atoms with Crippen molar-refractivity contribution in [3.63, 3.8) is 0 Å². The predicted molar refractivity (Wildman–Crippen MR) is 61.1 cm³/mol. The van der Waals surface area contributed by atoms with Crippen LogP contribution in [0.15, 0.2) is 12.1 Å². The molecule has 94 valence electrons. The summed E-state index contributed by atoms with van der Waals surface area (Å²) in [5, 5.41) is -0.157. The lowest BCUT2D eigenvalue weighted by Gasteiger charge is -2.31. The van der Waals surface area contributed by atoms with Gasteiger partial charge in [0.05, 0.1) is 10.6 Å². The zero-order valence-electron chi connectivity index (χ0n) is 9.44. The van der Waals surface area contributed by atoms with Crippen molar-refractivity contribution in [1.82, 2.24) is 4.90 Å². The minimum Gasteiger partial charge on any atom is -0.299 e. The van der Waals surface area contributed by atoms with Gasteiger partial charge >= 0.3 is 6.18 Å². The Hall–Kier alpha value is -0.740. The topological polar surface area (TPSA) is 3.24 Å². The number of rotatable bonds is 2. The van der Waals surface area contributed by atoms with E-state index in [1.165, 1.54) is 0 Å². The molecule has 1 saturated heterocycles. The summed E-state index contributed by atoms with van der Waals surface area (Å²) >= 11 is 5.84. The fraction of sp³-hybridized carbons (Fsp3) is 0.500. The van der Waals surface area contributed by atoms with Crippen molar-refractivity contribution < 1.29 is 13.2 Å². The first kappa shape index (κ1) is 12.7. The number of halogens is 4. The lowest BCUT2D eigenvalue weighted by molar-refractivity contribution is -0.137. The highest BCUT2D eigenvalue weighted by Crippen LogP contribution is 2.37. The smallest absolute Gasteiger partial charge is 0.299 e. The quantitative estimate of drug-likeness (QED) is 0.783. The monoisotopic (exact) mass is 263 g/mol. The van der Waals surface area contributed by atoms with E-state index < -0.39 is 11.7 Å².